The van der Waals surface area contributed by atoms with Gasteiger partial charge < -0.3 is 14.6 Å². The van der Waals surface area contributed by atoms with E-state index in [-0.39, 0.29) is 48.2 Å². The van der Waals surface area contributed by atoms with Gasteiger partial charge in [0.05, 0.1) is 5.56 Å². The monoisotopic (exact) mass is 568 g/mol. The minimum atomic E-state index is -4.95. The molecular formula is C26H25F5N4O5. The molecule has 0 fully saturated rings. The van der Waals surface area contributed by atoms with E-state index in [0.29, 0.717) is 5.56 Å². The van der Waals surface area contributed by atoms with E-state index in [2.05, 4.69) is 14.7 Å². The number of halogens is 5. The molecule has 0 saturated heterocycles. The van der Waals surface area contributed by atoms with Crippen molar-refractivity contribution < 1.29 is 36.5 Å². The maximum absolute atomic E-state index is 12.9. The Morgan fingerprint density at radius 1 is 1.18 bits per heavy atom. The summed E-state index contributed by atoms with van der Waals surface area (Å²) in [6.45, 7) is 2.69. The van der Waals surface area contributed by atoms with Crippen LogP contribution in [0.5, 0.6) is 11.5 Å². The van der Waals surface area contributed by atoms with Gasteiger partial charge in [0.2, 0.25) is 5.90 Å². The van der Waals surface area contributed by atoms with Gasteiger partial charge in [0.15, 0.2) is 0 Å². The molecule has 0 aliphatic heterocycles. The Hall–Kier alpha value is -4.33. The van der Waals surface area contributed by atoms with Gasteiger partial charge >= 0.3 is 12.1 Å². The molecule has 14 heteroatoms. The molecular weight excluding hydrogens is 543 g/mol. The van der Waals surface area contributed by atoms with Crippen molar-refractivity contribution in [1.82, 2.24) is 14.1 Å². The highest BCUT2D eigenvalue weighted by Gasteiger charge is 2.31. The van der Waals surface area contributed by atoms with Crippen LogP contribution in [-0.4, -0.2) is 38.1 Å². The molecule has 214 valence electrons. The summed E-state index contributed by atoms with van der Waals surface area (Å²) in [6, 6.07) is 7.12. The molecule has 0 aliphatic carbocycles. The van der Waals surface area contributed by atoms with E-state index in [4.69, 9.17) is 9.84 Å². The SMILES string of the molecule is CC(=C/c1ccc(C(F)F)nc1)/C(=N\c1c(C)c(=O)n(CCCO)c(=O)n1C)Oc1cccc(OC(F)(F)F)c1. The van der Waals surface area contributed by atoms with Crippen LogP contribution in [0.3, 0.4) is 0 Å². The maximum atomic E-state index is 12.9. The molecule has 0 aliphatic rings. The van der Waals surface area contributed by atoms with Crippen LogP contribution >= 0.6 is 0 Å². The second-order valence-corrected chi connectivity index (χ2v) is 8.51. The fourth-order valence-corrected chi connectivity index (χ4v) is 3.57. The molecule has 40 heavy (non-hydrogen) atoms. The number of rotatable bonds is 9. The zero-order valence-corrected chi connectivity index (χ0v) is 21.6. The fourth-order valence-electron chi connectivity index (χ4n) is 3.57. The second-order valence-electron chi connectivity index (χ2n) is 8.51. The summed E-state index contributed by atoms with van der Waals surface area (Å²) in [6.07, 6.45) is -4.90. The number of benzene rings is 1. The Labute approximate surface area is 224 Å². The van der Waals surface area contributed by atoms with Crippen LogP contribution in [0, 0.1) is 6.92 Å². The van der Waals surface area contributed by atoms with Crippen LogP contribution in [0.1, 0.15) is 36.6 Å². The van der Waals surface area contributed by atoms with E-state index >= 15 is 0 Å². The third kappa shape index (κ3) is 7.62. The van der Waals surface area contributed by atoms with Gasteiger partial charge in [-0.05, 0) is 50.1 Å². The lowest BCUT2D eigenvalue weighted by Crippen LogP contribution is -2.40. The van der Waals surface area contributed by atoms with E-state index in [0.717, 1.165) is 27.3 Å². The molecule has 9 nitrogen and oxygen atoms in total. The third-order valence-corrected chi connectivity index (χ3v) is 5.49. The van der Waals surface area contributed by atoms with Gasteiger partial charge in [0, 0.05) is 38.0 Å². The third-order valence-electron chi connectivity index (χ3n) is 5.49. The number of ether oxygens (including phenoxy) is 2. The molecule has 0 saturated carbocycles. The summed E-state index contributed by atoms with van der Waals surface area (Å²) in [7, 11) is 1.37. The van der Waals surface area contributed by atoms with Crippen LogP contribution < -0.4 is 20.7 Å². The van der Waals surface area contributed by atoms with Crippen LogP contribution in [0.2, 0.25) is 0 Å². The van der Waals surface area contributed by atoms with E-state index in [1.807, 2.05) is 0 Å². The number of aromatic nitrogens is 3. The van der Waals surface area contributed by atoms with Crippen LogP contribution in [0.4, 0.5) is 27.8 Å². The zero-order chi connectivity index (χ0) is 29.6. The molecule has 0 bridgehead atoms. The maximum Gasteiger partial charge on any atom is 0.573 e. The van der Waals surface area contributed by atoms with E-state index in [9.17, 15) is 31.5 Å². The minimum absolute atomic E-state index is 0.0251. The van der Waals surface area contributed by atoms with Gasteiger partial charge in [0.1, 0.15) is 23.0 Å². The zero-order valence-electron chi connectivity index (χ0n) is 21.6. The van der Waals surface area contributed by atoms with Gasteiger partial charge in [-0.1, -0.05) is 12.1 Å². The van der Waals surface area contributed by atoms with Crippen molar-refractivity contribution >= 4 is 17.8 Å². The molecule has 0 amide bonds. The van der Waals surface area contributed by atoms with E-state index in [1.54, 1.807) is 0 Å². The Morgan fingerprint density at radius 2 is 1.88 bits per heavy atom. The fraction of sp³-hybridized carbons (Fsp3) is 0.308. The molecule has 2 aromatic heterocycles. The van der Waals surface area contributed by atoms with E-state index < -0.39 is 35.5 Å². The molecule has 1 aromatic carbocycles. The number of aliphatic imine (C=N–C) groups is 1. The summed E-state index contributed by atoms with van der Waals surface area (Å²) in [5.74, 6) is -0.981. The van der Waals surface area contributed by atoms with Crippen LogP contribution in [0.25, 0.3) is 6.08 Å². The van der Waals surface area contributed by atoms with Gasteiger partial charge in [-0.15, -0.1) is 13.2 Å². The number of nitrogens with zero attached hydrogens (tertiary/aromatic N) is 4. The summed E-state index contributed by atoms with van der Waals surface area (Å²) in [4.78, 5) is 33.8. The summed E-state index contributed by atoms with van der Waals surface area (Å²) < 4.78 is 75.7. The van der Waals surface area contributed by atoms with Crippen molar-refractivity contribution in [3.05, 3.63) is 85.8 Å². The lowest BCUT2D eigenvalue weighted by atomic mass is 10.1. The number of hydrogen-bond acceptors (Lipinski definition) is 7. The highest BCUT2D eigenvalue weighted by atomic mass is 19.4. The Bertz CT molecular complexity index is 1490. The first-order chi connectivity index (χ1) is 18.8. The molecule has 1 N–H and O–H groups in total. The predicted molar refractivity (Wildman–Crippen MR) is 136 cm³/mol. The minimum Gasteiger partial charge on any atom is -0.439 e. The quantitative estimate of drug-likeness (QED) is 0.228. The highest BCUT2D eigenvalue weighted by Crippen LogP contribution is 2.27. The smallest absolute Gasteiger partial charge is 0.439 e. The van der Waals surface area contributed by atoms with Crippen LogP contribution in [0.15, 0.2) is 62.7 Å². The van der Waals surface area contributed by atoms with Crippen molar-refractivity contribution in [1.29, 1.82) is 0 Å². The topological polar surface area (TPSA) is 108 Å². The Morgan fingerprint density at radius 3 is 2.48 bits per heavy atom. The van der Waals surface area contributed by atoms with Gasteiger partial charge in [-0.2, -0.15) is 4.99 Å². The average Bonchev–Trinajstić information content (AvgIpc) is 2.89. The molecule has 3 aromatic rings. The lowest BCUT2D eigenvalue weighted by Gasteiger charge is -2.15. The molecule has 2 heterocycles. The van der Waals surface area contributed by atoms with Gasteiger partial charge in [0.25, 0.3) is 12.0 Å². The van der Waals surface area contributed by atoms with Crippen molar-refractivity contribution in [3.63, 3.8) is 0 Å². The normalized spacial score (nSPS) is 12.7. The van der Waals surface area contributed by atoms with Crippen molar-refractivity contribution in [2.45, 2.75) is 39.6 Å². The molecule has 0 atom stereocenters. The standard InChI is InChI=1S/C26H25F5N4O5/c1-15(12-17-8-9-20(21(27)28)32-14-17)23(39-18-6-4-7-19(13-18)40-26(29,30)31)33-22-16(2)24(37)35(10-5-11-36)25(38)34(22)3/h4,6-9,12-14,21,36H,5,10-11H2,1-3H3/b15-12-,33-23+. The van der Waals surface area contributed by atoms with Crippen LogP contribution in [-0.2, 0) is 13.6 Å². The first-order valence-electron chi connectivity index (χ1n) is 11.8. The Kier molecular flexibility index (Phi) is 9.58. The number of aliphatic hydroxyl groups is 1. The average molecular weight is 568 g/mol. The lowest BCUT2D eigenvalue weighted by molar-refractivity contribution is -0.274. The predicted octanol–water partition coefficient (Wildman–Crippen LogP) is 4.68. The number of aliphatic hydroxyl groups excluding tert-OH is 1. The largest absolute Gasteiger partial charge is 0.573 e. The number of pyridine rings is 1. The summed E-state index contributed by atoms with van der Waals surface area (Å²) in [5.41, 5.74) is -1.11. The number of hydrogen-bond donors (Lipinski definition) is 1. The highest BCUT2D eigenvalue weighted by molar-refractivity contribution is 6.00. The molecule has 0 spiro atoms. The Balaban J connectivity index is 2.14. The van der Waals surface area contributed by atoms with Crippen molar-refractivity contribution in [2.75, 3.05) is 6.61 Å². The molecule has 0 radical (unpaired) electrons. The molecule has 0 unspecified atom stereocenters. The summed E-state index contributed by atoms with van der Waals surface area (Å²) >= 11 is 0. The first-order valence-corrected chi connectivity index (χ1v) is 11.8. The second kappa shape index (κ2) is 12.7. The van der Waals surface area contributed by atoms with E-state index in [1.165, 1.54) is 51.4 Å². The number of alkyl halides is 5. The van der Waals surface area contributed by atoms with Gasteiger partial charge in [-0.25, -0.2) is 13.6 Å². The summed E-state index contributed by atoms with van der Waals surface area (Å²) in [5, 5.41) is 9.09. The van der Waals surface area contributed by atoms with Crippen molar-refractivity contribution in [3.8, 4) is 11.5 Å². The first kappa shape index (κ1) is 30.2. The molecule has 3 rings (SSSR count). The van der Waals surface area contributed by atoms with Gasteiger partial charge in [-0.3, -0.25) is 18.9 Å². The van der Waals surface area contributed by atoms with Crippen molar-refractivity contribution in [2.24, 2.45) is 12.0 Å².